The van der Waals surface area contributed by atoms with Crippen molar-refractivity contribution in [3.8, 4) is 11.3 Å². The molecule has 5 rings (SSSR count). The third-order valence-electron chi connectivity index (χ3n) is 8.05. The molecule has 3 heterocycles. The summed E-state index contributed by atoms with van der Waals surface area (Å²) in [6.45, 7) is 7.52. The molecular formula is C31H37F2N7O2. The van der Waals surface area contributed by atoms with Gasteiger partial charge in [-0.15, -0.1) is 0 Å². The molecule has 3 N–H and O–H groups in total. The molecule has 1 saturated carbocycles. The number of hydrogen-bond acceptors (Lipinski definition) is 7. The summed E-state index contributed by atoms with van der Waals surface area (Å²) < 4.78 is 37.3. The van der Waals surface area contributed by atoms with E-state index in [4.69, 9.17) is 10.5 Å². The zero-order chi connectivity index (χ0) is 30.1. The van der Waals surface area contributed by atoms with Gasteiger partial charge >= 0.3 is 0 Å². The Morgan fingerprint density at radius 1 is 1.19 bits per heavy atom. The van der Waals surface area contributed by atoms with Crippen molar-refractivity contribution in [2.24, 2.45) is 11.7 Å². The lowest BCUT2D eigenvalue weighted by Crippen LogP contribution is -2.54. The summed E-state index contributed by atoms with van der Waals surface area (Å²) in [4.78, 5) is 22.6. The summed E-state index contributed by atoms with van der Waals surface area (Å²) in [6.07, 6.45) is 6.58. The number of benzene rings is 1. The highest BCUT2D eigenvalue weighted by molar-refractivity contribution is 5.73. The highest BCUT2D eigenvalue weighted by Gasteiger charge is 2.38. The van der Waals surface area contributed by atoms with Crippen LogP contribution in [0.3, 0.4) is 0 Å². The largest absolute Gasteiger partial charge is 0.374 e. The first-order valence-corrected chi connectivity index (χ1v) is 14.2. The number of carbonyl (C=O) groups is 1. The molecule has 1 aromatic carbocycles. The fourth-order valence-corrected chi connectivity index (χ4v) is 6.01. The van der Waals surface area contributed by atoms with E-state index >= 15 is 8.78 Å². The summed E-state index contributed by atoms with van der Waals surface area (Å²) in [7, 11) is 1.81. The van der Waals surface area contributed by atoms with Crippen LogP contribution >= 0.6 is 0 Å². The van der Waals surface area contributed by atoms with Gasteiger partial charge in [-0.25, -0.2) is 13.8 Å². The number of fused-ring (bicyclic) bond motifs is 1. The highest BCUT2D eigenvalue weighted by atomic mass is 19.1. The number of nitrogens with zero attached hydrogens (tertiary/aromatic N) is 5. The van der Waals surface area contributed by atoms with Crippen LogP contribution in [0.1, 0.15) is 57.6 Å². The maximum Gasteiger partial charge on any atom is 0.229 e. The van der Waals surface area contributed by atoms with E-state index in [2.05, 4.69) is 27.3 Å². The van der Waals surface area contributed by atoms with Crippen LogP contribution in [0, 0.1) is 17.6 Å². The smallest absolute Gasteiger partial charge is 0.229 e. The number of amides is 1. The first-order chi connectivity index (χ1) is 20.0. The Morgan fingerprint density at radius 3 is 2.60 bits per heavy atom. The lowest BCUT2D eigenvalue weighted by molar-refractivity contribution is -0.131. The summed E-state index contributed by atoms with van der Waals surface area (Å²) in [6, 6.07) is 7.58. The van der Waals surface area contributed by atoms with E-state index in [0.717, 1.165) is 17.7 Å². The number of pyridine rings is 1. The van der Waals surface area contributed by atoms with Gasteiger partial charge in [0.05, 0.1) is 47.6 Å². The van der Waals surface area contributed by atoms with Crippen LogP contribution < -0.4 is 11.1 Å². The lowest BCUT2D eigenvalue weighted by Gasteiger charge is -2.43. The second kappa shape index (κ2) is 12.1. The third-order valence-corrected chi connectivity index (χ3v) is 8.05. The molecule has 0 spiro atoms. The molecule has 4 aromatic rings. The second-order valence-corrected chi connectivity index (χ2v) is 11.4. The maximum absolute atomic E-state index is 15.1. The van der Waals surface area contributed by atoms with Crippen molar-refractivity contribution in [3.63, 3.8) is 0 Å². The number of imidazole rings is 1. The minimum absolute atomic E-state index is 0.000852. The number of anilines is 2. The minimum Gasteiger partial charge on any atom is -0.374 e. The number of halogens is 2. The fourth-order valence-electron chi connectivity index (χ4n) is 6.01. The molecule has 0 saturated heterocycles. The van der Waals surface area contributed by atoms with Crippen molar-refractivity contribution < 1.29 is 18.3 Å². The molecule has 1 fully saturated rings. The Labute approximate surface area is 244 Å². The molecule has 1 aliphatic rings. The number of hydrogen-bond donors (Lipinski definition) is 2. The molecule has 3 aromatic heterocycles. The topological polar surface area (TPSA) is 111 Å². The molecule has 0 radical (unpaired) electrons. The molecule has 222 valence electrons. The number of aromatic nitrogens is 4. The van der Waals surface area contributed by atoms with Crippen molar-refractivity contribution in [1.82, 2.24) is 24.5 Å². The van der Waals surface area contributed by atoms with Crippen molar-refractivity contribution in [1.29, 1.82) is 0 Å². The van der Waals surface area contributed by atoms with Crippen LogP contribution in [0.4, 0.5) is 20.4 Å². The van der Waals surface area contributed by atoms with Crippen molar-refractivity contribution in [3.05, 3.63) is 71.7 Å². The Morgan fingerprint density at radius 2 is 1.93 bits per heavy atom. The highest BCUT2D eigenvalue weighted by Crippen LogP contribution is 2.40. The van der Waals surface area contributed by atoms with Crippen LogP contribution in [0.15, 0.2) is 48.9 Å². The molecule has 9 nitrogen and oxygen atoms in total. The average molecular weight is 578 g/mol. The van der Waals surface area contributed by atoms with Gasteiger partial charge < -0.3 is 20.7 Å². The number of carbonyl (C=O) groups excluding carboxylic acids is 1. The summed E-state index contributed by atoms with van der Waals surface area (Å²) in [5, 5.41) is 7.88. The van der Waals surface area contributed by atoms with Crippen LogP contribution in [-0.4, -0.2) is 55.6 Å². The van der Waals surface area contributed by atoms with Crippen molar-refractivity contribution in [2.75, 3.05) is 12.4 Å². The molecule has 4 atom stereocenters. The van der Waals surface area contributed by atoms with E-state index in [1.165, 1.54) is 16.6 Å². The average Bonchev–Trinajstić information content (AvgIpc) is 3.33. The molecule has 0 unspecified atom stereocenters. The second-order valence-electron chi connectivity index (χ2n) is 11.4. The first-order valence-electron chi connectivity index (χ1n) is 14.2. The van der Waals surface area contributed by atoms with Gasteiger partial charge in [0.2, 0.25) is 11.9 Å². The standard InChI is InChI=1S/C31H37F2N7O2/c1-17(2)42-16-20-11-24(32)29(25(33)12-20)27-7-6-22-14-36-31(40(22)38-27)37-28-15-35-9-8-23(28)21-10-18(3)30(26(34)13-21)39(5)19(4)41/h6-9,11-12,14-15,17-18,21,26,30H,10,13,16,34H2,1-5H3,(H,36,37)/t18-,21+,26+,30-/m0/s1. The monoisotopic (exact) mass is 577 g/mol. The number of rotatable bonds is 8. The number of nitrogens with two attached hydrogens (primary N) is 1. The number of ether oxygens (including phenoxy) is 1. The van der Waals surface area contributed by atoms with Gasteiger partial charge in [-0.05, 0) is 80.0 Å². The third kappa shape index (κ3) is 5.98. The van der Waals surface area contributed by atoms with Gasteiger partial charge in [0.25, 0.3) is 0 Å². The maximum atomic E-state index is 15.1. The molecule has 42 heavy (non-hydrogen) atoms. The van der Waals surface area contributed by atoms with Crippen LogP contribution in [-0.2, 0) is 16.1 Å². The molecule has 1 amide bonds. The van der Waals surface area contributed by atoms with Crippen molar-refractivity contribution in [2.45, 2.75) is 71.2 Å². The van der Waals surface area contributed by atoms with Gasteiger partial charge in [-0.2, -0.15) is 9.61 Å². The fraction of sp³-hybridized carbons (Fsp3) is 0.419. The first kappa shape index (κ1) is 29.5. The van der Waals surface area contributed by atoms with Crippen LogP contribution in [0.25, 0.3) is 16.8 Å². The summed E-state index contributed by atoms with van der Waals surface area (Å²) in [5.74, 6) is -0.728. The molecule has 11 heteroatoms. The normalized spacial score (nSPS) is 20.7. The van der Waals surface area contributed by atoms with Crippen LogP contribution in [0.5, 0.6) is 0 Å². The van der Waals surface area contributed by atoms with Gasteiger partial charge in [0.15, 0.2) is 0 Å². The van der Waals surface area contributed by atoms with Gasteiger partial charge in [0, 0.05) is 32.3 Å². The Hall–Kier alpha value is -3.96. The molecule has 1 aliphatic carbocycles. The zero-order valence-corrected chi connectivity index (χ0v) is 24.5. The van der Waals surface area contributed by atoms with E-state index in [1.54, 1.807) is 49.6 Å². The van der Waals surface area contributed by atoms with E-state index in [9.17, 15) is 4.79 Å². The molecular weight excluding hydrogens is 540 g/mol. The molecule has 0 aliphatic heterocycles. The quantitative estimate of drug-likeness (QED) is 0.288. The Bertz CT molecular complexity index is 1560. The van der Waals surface area contributed by atoms with E-state index < -0.39 is 11.6 Å². The zero-order valence-electron chi connectivity index (χ0n) is 24.5. The van der Waals surface area contributed by atoms with E-state index in [-0.39, 0.29) is 53.8 Å². The molecule has 0 bridgehead atoms. The van der Waals surface area contributed by atoms with Crippen LogP contribution in [0.2, 0.25) is 0 Å². The van der Waals surface area contributed by atoms with E-state index in [0.29, 0.717) is 23.4 Å². The number of likely N-dealkylation sites (N-methyl/N-ethyl adjacent to an activating group) is 1. The van der Waals surface area contributed by atoms with Gasteiger partial charge in [-0.3, -0.25) is 9.78 Å². The Kier molecular flexibility index (Phi) is 8.51. The predicted molar refractivity (Wildman–Crippen MR) is 157 cm³/mol. The minimum atomic E-state index is -0.718. The summed E-state index contributed by atoms with van der Waals surface area (Å²) in [5.41, 5.74) is 9.35. The van der Waals surface area contributed by atoms with Crippen molar-refractivity contribution >= 4 is 23.1 Å². The van der Waals surface area contributed by atoms with Gasteiger partial charge in [-0.1, -0.05) is 6.92 Å². The summed E-state index contributed by atoms with van der Waals surface area (Å²) >= 11 is 0. The van der Waals surface area contributed by atoms with Gasteiger partial charge in [0.1, 0.15) is 11.6 Å². The van der Waals surface area contributed by atoms with E-state index in [1.807, 2.05) is 19.9 Å². The number of nitrogens with one attached hydrogen (secondary N) is 1. The Balaban J connectivity index is 1.43. The SMILES string of the molecule is CC(=O)N(C)[C@@H]1[C@H](N)C[C@H](c2ccncc2Nc2ncc3ccc(-c4c(F)cc(COC(C)C)cc4F)nn23)C[C@@H]1C. The lowest BCUT2D eigenvalue weighted by atomic mass is 9.73. The predicted octanol–water partition coefficient (Wildman–Crippen LogP) is 5.43.